The van der Waals surface area contributed by atoms with Crippen LogP contribution in [-0.2, 0) is 17.5 Å². The monoisotopic (exact) mass is 405 g/mol. The number of rotatable bonds is 4. The van der Waals surface area contributed by atoms with Gasteiger partial charge in [0.2, 0.25) is 0 Å². The van der Waals surface area contributed by atoms with Gasteiger partial charge in [0.05, 0.1) is 36.4 Å². The minimum Gasteiger partial charge on any atom is -0.497 e. The van der Waals surface area contributed by atoms with Crippen molar-refractivity contribution in [1.29, 1.82) is 0 Å². The van der Waals surface area contributed by atoms with Crippen LogP contribution < -0.4 is 10.1 Å². The summed E-state index contributed by atoms with van der Waals surface area (Å²) in [5.74, 6) is 0.924. The van der Waals surface area contributed by atoms with Crippen molar-refractivity contribution in [3.05, 3.63) is 59.4 Å². The predicted octanol–water partition coefficient (Wildman–Crippen LogP) is 3.57. The van der Waals surface area contributed by atoms with Crippen molar-refractivity contribution in [3.63, 3.8) is 0 Å². The lowest BCUT2D eigenvalue weighted by molar-refractivity contribution is -0.137. The van der Waals surface area contributed by atoms with E-state index in [-0.39, 0.29) is 30.6 Å². The second-order valence-corrected chi connectivity index (χ2v) is 6.71. The smallest absolute Gasteiger partial charge is 0.416 e. The summed E-state index contributed by atoms with van der Waals surface area (Å²) in [7, 11) is 1.54. The van der Waals surface area contributed by atoms with Gasteiger partial charge in [0.1, 0.15) is 18.2 Å². The fourth-order valence-corrected chi connectivity index (χ4v) is 3.40. The maximum absolute atomic E-state index is 13.0. The molecule has 152 valence electrons. The number of aromatic nitrogens is 2. The van der Waals surface area contributed by atoms with Crippen LogP contribution >= 0.6 is 0 Å². The maximum Gasteiger partial charge on any atom is 0.416 e. The average Bonchev–Trinajstić information content (AvgIpc) is 3.09. The van der Waals surface area contributed by atoms with Crippen molar-refractivity contribution >= 4 is 16.9 Å². The first-order chi connectivity index (χ1) is 13.9. The van der Waals surface area contributed by atoms with Crippen LogP contribution in [0.15, 0.2) is 42.5 Å². The highest BCUT2D eigenvalue weighted by Crippen LogP contribution is 2.33. The highest BCUT2D eigenvalue weighted by molar-refractivity contribution is 5.94. The van der Waals surface area contributed by atoms with E-state index in [0.717, 1.165) is 12.1 Å². The molecule has 2 heterocycles. The highest BCUT2D eigenvalue weighted by atomic mass is 19.4. The molecule has 1 aliphatic heterocycles. The fraction of sp³-hybridized carbons (Fsp3) is 0.300. The zero-order valence-electron chi connectivity index (χ0n) is 15.5. The first-order valence-corrected chi connectivity index (χ1v) is 8.95. The zero-order valence-corrected chi connectivity index (χ0v) is 15.5. The van der Waals surface area contributed by atoms with E-state index in [9.17, 15) is 18.0 Å². The summed E-state index contributed by atoms with van der Waals surface area (Å²) in [6, 6.07) is 9.91. The number of alkyl halides is 3. The second-order valence-electron chi connectivity index (χ2n) is 6.71. The standard InChI is InChI=1S/C20H18F3N3O3/c1-28-15-5-2-12(3-6-15)19(27)24-9-14-10-29-11-18-25-16-8-13(20(21,22)23)4-7-17(16)26(14)18/h2-8,14H,9-11H2,1H3,(H,24,27)/t14-/m0/s1. The lowest BCUT2D eigenvalue weighted by atomic mass is 10.1. The molecule has 0 bridgehead atoms. The molecule has 0 saturated carbocycles. The molecule has 1 aromatic heterocycles. The van der Waals surface area contributed by atoms with Gasteiger partial charge in [-0.1, -0.05) is 0 Å². The van der Waals surface area contributed by atoms with E-state index in [1.54, 1.807) is 31.4 Å². The van der Waals surface area contributed by atoms with Crippen LogP contribution in [0.4, 0.5) is 13.2 Å². The molecule has 1 amide bonds. The van der Waals surface area contributed by atoms with Gasteiger partial charge in [0.15, 0.2) is 0 Å². The summed E-state index contributed by atoms with van der Waals surface area (Å²) in [4.78, 5) is 16.7. The molecular formula is C20H18F3N3O3. The van der Waals surface area contributed by atoms with Crippen LogP contribution in [0.25, 0.3) is 11.0 Å². The fourth-order valence-electron chi connectivity index (χ4n) is 3.40. The van der Waals surface area contributed by atoms with Crippen LogP contribution in [0.3, 0.4) is 0 Å². The average molecular weight is 405 g/mol. The molecule has 1 aliphatic rings. The van der Waals surface area contributed by atoms with Gasteiger partial charge in [-0.2, -0.15) is 13.2 Å². The molecule has 0 spiro atoms. The number of fused-ring (bicyclic) bond motifs is 3. The Morgan fingerprint density at radius 2 is 2.03 bits per heavy atom. The van der Waals surface area contributed by atoms with Crippen LogP contribution in [-0.4, -0.2) is 35.7 Å². The molecule has 0 unspecified atom stereocenters. The number of methoxy groups -OCH3 is 1. The molecule has 29 heavy (non-hydrogen) atoms. The maximum atomic E-state index is 13.0. The number of nitrogens with one attached hydrogen (secondary N) is 1. The number of amides is 1. The Morgan fingerprint density at radius 1 is 1.28 bits per heavy atom. The van der Waals surface area contributed by atoms with E-state index in [2.05, 4.69) is 10.3 Å². The molecule has 0 radical (unpaired) electrons. The van der Waals surface area contributed by atoms with Gasteiger partial charge in [0.25, 0.3) is 5.91 Å². The lowest BCUT2D eigenvalue weighted by Crippen LogP contribution is -2.35. The van der Waals surface area contributed by atoms with Crippen molar-refractivity contribution in [2.75, 3.05) is 20.3 Å². The molecule has 0 fully saturated rings. The summed E-state index contributed by atoms with van der Waals surface area (Å²) < 4.78 is 51.4. The lowest BCUT2D eigenvalue weighted by Gasteiger charge is -2.26. The van der Waals surface area contributed by atoms with Crippen LogP contribution in [0, 0.1) is 0 Å². The Morgan fingerprint density at radius 3 is 2.72 bits per heavy atom. The topological polar surface area (TPSA) is 65.4 Å². The van der Waals surface area contributed by atoms with E-state index in [4.69, 9.17) is 9.47 Å². The molecule has 2 aromatic carbocycles. The van der Waals surface area contributed by atoms with Gasteiger partial charge >= 0.3 is 6.18 Å². The second kappa shape index (κ2) is 7.40. The number of nitrogens with zero attached hydrogens (tertiary/aromatic N) is 2. The quantitative estimate of drug-likeness (QED) is 0.721. The molecule has 1 atom stereocenters. The molecule has 4 rings (SSSR count). The summed E-state index contributed by atoms with van der Waals surface area (Å²) in [6.07, 6.45) is -4.43. The van der Waals surface area contributed by atoms with Crippen molar-refractivity contribution in [3.8, 4) is 5.75 Å². The van der Waals surface area contributed by atoms with E-state index >= 15 is 0 Å². The van der Waals surface area contributed by atoms with Crippen molar-refractivity contribution in [1.82, 2.24) is 14.9 Å². The minimum atomic E-state index is -4.43. The third kappa shape index (κ3) is 3.77. The molecule has 0 saturated heterocycles. The van der Waals surface area contributed by atoms with Gasteiger partial charge in [0, 0.05) is 12.1 Å². The number of carbonyl (C=O) groups is 1. The van der Waals surface area contributed by atoms with Crippen LogP contribution in [0.1, 0.15) is 27.8 Å². The number of carbonyl (C=O) groups excluding carboxylic acids is 1. The number of halogens is 3. The Hall–Kier alpha value is -3.07. The Bertz CT molecular complexity index is 1040. The van der Waals surface area contributed by atoms with Crippen LogP contribution in [0.2, 0.25) is 0 Å². The largest absolute Gasteiger partial charge is 0.497 e. The number of hydrogen-bond donors (Lipinski definition) is 1. The van der Waals surface area contributed by atoms with E-state index in [1.165, 1.54) is 6.07 Å². The first kappa shape index (κ1) is 19.3. The van der Waals surface area contributed by atoms with Crippen molar-refractivity contribution in [2.45, 2.75) is 18.8 Å². The SMILES string of the molecule is COc1ccc(C(=O)NC[C@H]2COCc3nc4cc(C(F)(F)F)ccc4n32)cc1. The summed E-state index contributed by atoms with van der Waals surface area (Å²) in [5, 5.41) is 2.85. The van der Waals surface area contributed by atoms with E-state index < -0.39 is 11.7 Å². The van der Waals surface area contributed by atoms with Gasteiger partial charge in [-0.05, 0) is 42.5 Å². The third-order valence-corrected chi connectivity index (χ3v) is 4.85. The van der Waals surface area contributed by atoms with Gasteiger partial charge < -0.3 is 19.4 Å². The number of benzene rings is 2. The van der Waals surface area contributed by atoms with Gasteiger partial charge in [-0.3, -0.25) is 4.79 Å². The summed E-state index contributed by atoms with van der Waals surface area (Å²) >= 11 is 0. The molecule has 6 nitrogen and oxygen atoms in total. The van der Waals surface area contributed by atoms with Crippen molar-refractivity contribution in [2.24, 2.45) is 0 Å². The van der Waals surface area contributed by atoms with Crippen molar-refractivity contribution < 1.29 is 27.4 Å². The Balaban J connectivity index is 1.55. The van der Waals surface area contributed by atoms with Gasteiger partial charge in [-0.15, -0.1) is 0 Å². The first-order valence-electron chi connectivity index (χ1n) is 8.95. The molecule has 1 N–H and O–H groups in total. The van der Waals surface area contributed by atoms with Crippen LogP contribution in [0.5, 0.6) is 5.75 Å². The van der Waals surface area contributed by atoms with E-state index in [0.29, 0.717) is 29.3 Å². The molecule has 3 aromatic rings. The Labute approximate surface area is 164 Å². The third-order valence-electron chi connectivity index (χ3n) is 4.85. The zero-order chi connectivity index (χ0) is 20.6. The Kier molecular flexibility index (Phi) is 4.91. The highest BCUT2D eigenvalue weighted by Gasteiger charge is 2.32. The normalized spacial score (nSPS) is 16.5. The molecular weight excluding hydrogens is 387 g/mol. The summed E-state index contributed by atoms with van der Waals surface area (Å²) in [5.41, 5.74) is 0.575. The number of imidazole rings is 1. The number of hydrogen-bond acceptors (Lipinski definition) is 4. The minimum absolute atomic E-state index is 0.207. The van der Waals surface area contributed by atoms with Gasteiger partial charge in [-0.25, -0.2) is 4.98 Å². The molecule has 0 aliphatic carbocycles. The number of ether oxygens (including phenoxy) is 2. The summed E-state index contributed by atoms with van der Waals surface area (Å²) in [6.45, 7) is 0.783. The predicted molar refractivity (Wildman–Crippen MR) is 98.8 cm³/mol. The van der Waals surface area contributed by atoms with E-state index in [1.807, 2.05) is 4.57 Å². The molecule has 9 heteroatoms.